The zero-order chi connectivity index (χ0) is 22.8. The molecular weight excluding hydrogens is 448 g/mol. The summed E-state index contributed by atoms with van der Waals surface area (Å²) in [7, 11) is 0. The van der Waals surface area contributed by atoms with Crippen LogP contribution in [0.2, 0.25) is 5.02 Å². The predicted octanol–water partition coefficient (Wildman–Crippen LogP) is 5.63. The summed E-state index contributed by atoms with van der Waals surface area (Å²) in [4.78, 5) is 19.1. The molecule has 1 aromatic carbocycles. The summed E-state index contributed by atoms with van der Waals surface area (Å²) >= 11 is 5.89. The third-order valence-corrected chi connectivity index (χ3v) is 5.67. The van der Waals surface area contributed by atoms with Crippen molar-refractivity contribution in [3.05, 3.63) is 58.4 Å². The number of nitrogens with zero attached hydrogens (tertiary/aromatic N) is 2. The molecule has 1 aromatic heterocycles. The molecule has 4 nitrogen and oxygen atoms in total. The number of halogens is 7. The van der Waals surface area contributed by atoms with Crippen molar-refractivity contribution in [1.29, 1.82) is 0 Å². The molecule has 1 atom stereocenters. The minimum atomic E-state index is -4.73. The van der Waals surface area contributed by atoms with Gasteiger partial charge in [0, 0.05) is 37.7 Å². The molecule has 168 valence electrons. The van der Waals surface area contributed by atoms with Crippen LogP contribution in [0.4, 0.5) is 26.3 Å². The van der Waals surface area contributed by atoms with E-state index in [0.29, 0.717) is 0 Å². The summed E-state index contributed by atoms with van der Waals surface area (Å²) in [5.74, 6) is -6.77. The number of carbonyl (C=O) groups excluding carboxylic acids is 1. The molecule has 31 heavy (non-hydrogen) atoms. The highest BCUT2D eigenvalue weighted by Crippen LogP contribution is 2.42. The number of alkyl halides is 5. The molecule has 1 heterocycles. The van der Waals surface area contributed by atoms with E-state index in [9.17, 15) is 31.1 Å². The van der Waals surface area contributed by atoms with Gasteiger partial charge in [0.05, 0.1) is 10.6 Å². The summed E-state index contributed by atoms with van der Waals surface area (Å²) in [6, 6.07) is 3.73. The zero-order valence-corrected chi connectivity index (χ0v) is 16.8. The van der Waals surface area contributed by atoms with Crippen LogP contribution in [0.1, 0.15) is 53.3 Å². The van der Waals surface area contributed by atoms with Gasteiger partial charge in [-0.1, -0.05) is 17.7 Å². The van der Waals surface area contributed by atoms with Crippen LogP contribution in [0, 0.1) is 11.7 Å². The van der Waals surface area contributed by atoms with Gasteiger partial charge in [-0.15, -0.1) is 0 Å². The number of amides is 1. The number of nitrogens with one attached hydrogen (secondary N) is 1. The molecule has 1 amide bonds. The van der Waals surface area contributed by atoms with E-state index in [1.807, 2.05) is 0 Å². The molecule has 0 spiro atoms. The van der Waals surface area contributed by atoms with Crippen molar-refractivity contribution >= 4 is 17.5 Å². The molecule has 0 radical (unpaired) electrons. The van der Waals surface area contributed by atoms with Crippen LogP contribution >= 0.6 is 11.6 Å². The molecule has 3 rings (SSSR count). The number of aromatic nitrogens is 2. The summed E-state index contributed by atoms with van der Waals surface area (Å²) in [6.07, 6.45) is -3.29. The molecule has 1 saturated carbocycles. The molecule has 2 aromatic rings. The number of carbonyl (C=O) groups is 1. The maximum Gasteiger partial charge on any atom is 0.451 e. The fourth-order valence-electron chi connectivity index (χ4n) is 3.70. The topological polar surface area (TPSA) is 54.9 Å². The maximum absolute atomic E-state index is 14.0. The smallest absolute Gasteiger partial charge is 0.351 e. The molecule has 1 fully saturated rings. The van der Waals surface area contributed by atoms with Gasteiger partial charge >= 0.3 is 6.18 Å². The predicted molar refractivity (Wildman–Crippen MR) is 100 cm³/mol. The van der Waals surface area contributed by atoms with Crippen molar-refractivity contribution in [3.8, 4) is 0 Å². The molecule has 1 N–H and O–H groups in total. The lowest BCUT2D eigenvalue weighted by molar-refractivity contribution is -0.145. The van der Waals surface area contributed by atoms with E-state index in [4.69, 9.17) is 11.6 Å². The van der Waals surface area contributed by atoms with Gasteiger partial charge in [-0.25, -0.2) is 23.1 Å². The first kappa shape index (κ1) is 23.3. The van der Waals surface area contributed by atoms with Gasteiger partial charge in [-0.3, -0.25) is 4.79 Å². The maximum atomic E-state index is 14.0. The second-order valence-electron chi connectivity index (χ2n) is 7.44. The van der Waals surface area contributed by atoms with Crippen molar-refractivity contribution in [2.45, 2.75) is 43.7 Å². The summed E-state index contributed by atoms with van der Waals surface area (Å²) < 4.78 is 79.4. The monoisotopic (exact) mass is 465 g/mol. The summed E-state index contributed by atoms with van der Waals surface area (Å²) in [5.41, 5.74) is -0.107. The van der Waals surface area contributed by atoms with Crippen molar-refractivity contribution in [3.63, 3.8) is 0 Å². The van der Waals surface area contributed by atoms with Gasteiger partial charge in [-0.2, -0.15) is 13.2 Å². The Balaban J connectivity index is 1.82. The largest absolute Gasteiger partial charge is 0.451 e. The molecule has 0 saturated heterocycles. The van der Waals surface area contributed by atoms with Crippen molar-refractivity contribution in [1.82, 2.24) is 15.3 Å². The zero-order valence-electron chi connectivity index (χ0n) is 16.0. The van der Waals surface area contributed by atoms with Crippen molar-refractivity contribution in [2.24, 2.45) is 5.92 Å². The number of hydrogen-bond donors (Lipinski definition) is 1. The lowest BCUT2D eigenvalue weighted by Crippen LogP contribution is -2.35. The first-order valence-electron chi connectivity index (χ1n) is 9.47. The Labute approximate surface area is 179 Å². The molecule has 0 aliphatic heterocycles. The van der Waals surface area contributed by atoms with E-state index in [1.54, 1.807) is 0 Å². The standard InChI is InChI=1S/C20H18ClF6N3O/c21-14-2-1-3-15(22)16(14)17(31)28-10-13(11-4-6-19(23,24)7-5-11)12-8-29-18(30-9-12)20(25,26)27/h1-3,8-9,11,13H,4-7,10H2,(H,28,31)/t13-/m0/s1. The van der Waals surface area contributed by atoms with Gasteiger partial charge in [0.1, 0.15) is 5.82 Å². The van der Waals surface area contributed by atoms with E-state index in [-0.39, 0.29) is 54.3 Å². The van der Waals surface area contributed by atoms with Gasteiger partial charge in [-0.05, 0) is 36.5 Å². The first-order valence-corrected chi connectivity index (χ1v) is 9.85. The van der Waals surface area contributed by atoms with Crippen LogP contribution in [0.3, 0.4) is 0 Å². The number of rotatable bonds is 5. The lowest BCUT2D eigenvalue weighted by atomic mass is 9.76. The van der Waals surface area contributed by atoms with E-state index in [2.05, 4.69) is 15.3 Å². The average molecular weight is 466 g/mol. The Morgan fingerprint density at radius 3 is 2.35 bits per heavy atom. The second kappa shape index (κ2) is 9.02. The third kappa shape index (κ3) is 5.66. The Hall–Kier alpha value is -2.36. The molecule has 1 aliphatic rings. The van der Waals surface area contributed by atoms with Gasteiger partial charge in [0.15, 0.2) is 0 Å². The minimum absolute atomic E-state index is 0.106. The summed E-state index contributed by atoms with van der Waals surface area (Å²) in [6.45, 7) is -0.130. The number of hydrogen-bond acceptors (Lipinski definition) is 3. The van der Waals surface area contributed by atoms with Crippen molar-refractivity contribution < 1.29 is 31.1 Å². The molecule has 0 bridgehead atoms. The molecule has 11 heteroatoms. The highest BCUT2D eigenvalue weighted by Gasteiger charge is 2.39. The second-order valence-corrected chi connectivity index (χ2v) is 7.85. The number of benzene rings is 1. The SMILES string of the molecule is O=C(NC[C@H](c1cnc(C(F)(F)F)nc1)C1CCC(F)(F)CC1)c1c(F)cccc1Cl. The van der Waals surface area contributed by atoms with Gasteiger partial charge < -0.3 is 5.32 Å². The Morgan fingerprint density at radius 2 is 1.81 bits per heavy atom. The van der Waals surface area contributed by atoms with Gasteiger partial charge in [0.2, 0.25) is 11.7 Å². The molecule has 1 aliphatic carbocycles. The van der Waals surface area contributed by atoms with Crippen LogP contribution in [0.5, 0.6) is 0 Å². The van der Waals surface area contributed by atoms with Crippen LogP contribution in [-0.4, -0.2) is 28.3 Å². The van der Waals surface area contributed by atoms with Crippen LogP contribution in [0.15, 0.2) is 30.6 Å². The summed E-state index contributed by atoms with van der Waals surface area (Å²) in [5, 5.41) is 2.41. The highest BCUT2D eigenvalue weighted by atomic mass is 35.5. The minimum Gasteiger partial charge on any atom is -0.351 e. The fourth-order valence-corrected chi connectivity index (χ4v) is 3.95. The normalized spacial score (nSPS) is 17.9. The Bertz CT molecular complexity index is 905. The first-order chi connectivity index (χ1) is 14.5. The fraction of sp³-hybridized carbons (Fsp3) is 0.450. The quantitative estimate of drug-likeness (QED) is 0.582. The van der Waals surface area contributed by atoms with E-state index in [1.165, 1.54) is 12.1 Å². The van der Waals surface area contributed by atoms with E-state index >= 15 is 0 Å². The van der Waals surface area contributed by atoms with Gasteiger partial charge in [0.25, 0.3) is 5.91 Å². The molecule has 0 unspecified atom stereocenters. The Morgan fingerprint density at radius 1 is 1.19 bits per heavy atom. The van der Waals surface area contributed by atoms with Crippen molar-refractivity contribution in [2.75, 3.05) is 6.54 Å². The lowest BCUT2D eigenvalue weighted by Gasteiger charge is -2.34. The van der Waals surface area contributed by atoms with E-state index in [0.717, 1.165) is 18.5 Å². The third-order valence-electron chi connectivity index (χ3n) is 5.36. The van der Waals surface area contributed by atoms with Crippen LogP contribution in [-0.2, 0) is 6.18 Å². The van der Waals surface area contributed by atoms with Crippen LogP contribution < -0.4 is 5.32 Å². The van der Waals surface area contributed by atoms with Crippen LogP contribution in [0.25, 0.3) is 0 Å². The highest BCUT2D eigenvalue weighted by molar-refractivity contribution is 6.33. The average Bonchev–Trinajstić information content (AvgIpc) is 2.68. The van der Waals surface area contributed by atoms with E-state index < -0.39 is 35.6 Å². The molecular formula is C20H18ClF6N3O. The Kier molecular flexibility index (Phi) is 6.78.